The number of piperidine rings is 3. The molecular formula is C48H61FN10O3. The molecule has 62 heavy (non-hydrogen) atoms. The van der Waals surface area contributed by atoms with Gasteiger partial charge in [0.15, 0.2) is 0 Å². The number of likely N-dealkylation sites (tertiary alicyclic amines) is 3. The maximum absolute atomic E-state index is 16.5. The average molecular weight is 845 g/mol. The van der Waals surface area contributed by atoms with Gasteiger partial charge >= 0.3 is 0 Å². The van der Waals surface area contributed by atoms with E-state index in [-0.39, 0.29) is 42.6 Å². The van der Waals surface area contributed by atoms with E-state index in [9.17, 15) is 14.4 Å². The predicted octanol–water partition coefficient (Wildman–Crippen LogP) is 5.84. The summed E-state index contributed by atoms with van der Waals surface area (Å²) >= 11 is 0. The van der Waals surface area contributed by atoms with Gasteiger partial charge in [0.2, 0.25) is 12.3 Å². The van der Waals surface area contributed by atoms with Crippen LogP contribution in [0.25, 0.3) is 16.7 Å². The van der Waals surface area contributed by atoms with Crippen LogP contribution in [0.5, 0.6) is 0 Å². The van der Waals surface area contributed by atoms with E-state index >= 15 is 4.39 Å². The van der Waals surface area contributed by atoms with Crippen LogP contribution in [0.15, 0.2) is 84.6 Å². The number of halogens is 1. The van der Waals surface area contributed by atoms with Gasteiger partial charge in [-0.3, -0.25) is 14.4 Å². The number of hydrogen-bond donors (Lipinski definition) is 5. The summed E-state index contributed by atoms with van der Waals surface area (Å²) in [7, 11) is 0. The van der Waals surface area contributed by atoms with E-state index in [4.69, 9.17) is 22.2 Å². The lowest BCUT2D eigenvalue weighted by atomic mass is 9.88. The van der Waals surface area contributed by atoms with Crippen LogP contribution < -0.4 is 27.8 Å². The number of rotatable bonds is 14. The summed E-state index contributed by atoms with van der Waals surface area (Å²) in [6, 6.07) is 18.2. The van der Waals surface area contributed by atoms with Crippen molar-refractivity contribution in [2.75, 3.05) is 57.7 Å². The lowest BCUT2D eigenvalue weighted by molar-refractivity contribution is -0.116. The molecule has 0 radical (unpaired) electrons. The molecule has 1 saturated carbocycles. The summed E-state index contributed by atoms with van der Waals surface area (Å²) in [6.45, 7) is 6.57. The monoisotopic (exact) mass is 844 g/mol. The van der Waals surface area contributed by atoms with Gasteiger partial charge in [-0.1, -0.05) is 42.5 Å². The Morgan fingerprint density at radius 3 is 2.37 bits per heavy atom. The maximum Gasteiger partial charge on any atom is 0.254 e. The van der Waals surface area contributed by atoms with Crippen LogP contribution in [-0.4, -0.2) is 101 Å². The van der Waals surface area contributed by atoms with Crippen molar-refractivity contribution in [3.8, 4) is 0 Å². The third-order valence-corrected chi connectivity index (χ3v) is 13.4. The van der Waals surface area contributed by atoms with Crippen molar-refractivity contribution in [2.45, 2.75) is 88.3 Å². The minimum absolute atomic E-state index is 0.0376. The number of carbonyl (C=O) groups excluding carboxylic acids is 3. The Morgan fingerprint density at radius 1 is 0.919 bits per heavy atom. The Balaban J connectivity index is 0.838. The van der Waals surface area contributed by atoms with E-state index in [1.807, 2.05) is 60.4 Å². The van der Waals surface area contributed by atoms with Crippen molar-refractivity contribution < 1.29 is 18.8 Å². The summed E-state index contributed by atoms with van der Waals surface area (Å²) < 4.78 is 18.8. The summed E-state index contributed by atoms with van der Waals surface area (Å²) in [5.74, 6) is 0.763. The predicted molar refractivity (Wildman–Crippen MR) is 241 cm³/mol. The number of amides is 3. The van der Waals surface area contributed by atoms with Crippen LogP contribution in [-0.2, 0) is 9.59 Å². The zero-order valence-electron chi connectivity index (χ0n) is 35.8. The Kier molecular flexibility index (Phi) is 12.8. The highest BCUT2D eigenvalue weighted by Crippen LogP contribution is 2.45. The summed E-state index contributed by atoms with van der Waals surface area (Å²) in [5.41, 5.74) is 25.4. The first kappa shape index (κ1) is 42.8. The SMILES string of the molecule is Cc1cc(C2CCCN(C(/C=C(\N)c3ccccc3)=C(N)N)C2)ccc1C(=O)N1CCC(F)(CN2CCC(n3cc(C4CC4)c4cc(NC(=O)CCNC=O)cnc43)CC2)CC1. The molecule has 0 spiro atoms. The van der Waals surface area contributed by atoms with E-state index < -0.39 is 5.67 Å². The molecule has 1 unspecified atom stereocenters. The lowest BCUT2D eigenvalue weighted by Crippen LogP contribution is -2.51. The number of hydrogen-bond acceptors (Lipinski definition) is 9. The number of benzene rings is 2. The van der Waals surface area contributed by atoms with Crippen LogP contribution in [0.1, 0.15) is 108 Å². The molecule has 2 aromatic heterocycles. The third kappa shape index (κ3) is 9.75. The molecule has 328 valence electrons. The first-order valence-corrected chi connectivity index (χ1v) is 22.3. The largest absolute Gasteiger partial charge is 0.398 e. The molecular weight excluding hydrogens is 784 g/mol. The van der Waals surface area contributed by atoms with Gasteiger partial charge in [0, 0.05) is 106 Å². The van der Waals surface area contributed by atoms with Crippen LogP contribution in [0.3, 0.4) is 0 Å². The minimum Gasteiger partial charge on any atom is -0.398 e. The van der Waals surface area contributed by atoms with Gasteiger partial charge < -0.3 is 47.1 Å². The topological polar surface area (TPSA) is 181 Å². The summed E-state index contributed by atoms with van der Waals surface area (Å²) in [5, 5.41) is 6.51. The fourth-order valence-electron chi connectivity index (χ4n) is 9.75. The zero-order chi connectivity index (χ0) is 43.4. The number of aromatic nitrogens is 2. The van der Waals surface area contributed by atoms with Crippen LogP contribution >= 0.6 is 0 Å². The smallest absolute Gasteiger partial charge is 0.254 e. The van der Waals surface area contributed by atoms with E-state index in [0.717, 1.165) is 92.6 Å². The molecule has 1 atom stereocenters. The van der Waals surface area contributed by atoms with Gasteiger partial charge in [0.1, 0.15) is 17.1 Å². The van der Waals surface area contributed by atoms with Crippen molar-refractivity contribution in [3.05, 3.63) is 112 Å². The Morgan fingerprint density at radius 2 is 1.68 bits per heavy atom. The highest BCUT2D eigenvalue weighted by atomic mass is 19.1. The van der Waals surface area contributed by atoms with Crippen molar-refractivity contribution in [1.82, 2.24) is 29.6 Å². The van der Waals surface area contributed by atoms with Crippen molar-refractivity contribution in [2.24, 2.45) is 17.2 Å². The molecule has 1 aliphatic carbocycles. The van der Waals surface area contributed by atoms with E-state index in [1.54, 1.807) is 6.20 Å². The van der Waals surface area contributed by atoms with E-state index in [2.05, 4.69) is 43.3 Å². The fourth-order valence-corrected chi connectivity index (χ4v) is 9.75. The molecule has 8 rings (SSSR count). The molecule has 3 amide bonds. The standard InChI is InChI=1S/C48H61FN10O3/c1-32-24-35(36-8-5-19-58(28-36)43(45(51)52)26-42(50)34-6-3-2-4-7-34)11-12-39(32)47(62)57-22-16-48(49,17-23-57)30-56-20-14-38(15-21-56)59-29-41(33-9-10-33)40-25-37(27-54-46(40)59)55-44(61)13-18-53-31-60/h2-4,6-7,11-12,24-27,29,31,33,36,38H,5,8-10,13-23,28,30,50-52H2,1H3,(H,53,60)(H,55,61)/b42-26-. The fraction of sp³-hybridized carbons (Fsp3) is 0.458. The Labute approximate surface area is 363 Å². The van der Waals surface area contributed by atoms with E-state index in [1.165, 1.54) is 11.1 Å². The lowest BCUT2D eigenvalue weighted by Gasteiger charge is -2.41. The number of alkyl halides is 1. The number of nitrogens with two attached hydrogens (primary N) is 3. The number of nitrogens with zero attached hydrogens (tertiary/aromatic N) is 5. The number of aryl methyl sites for hydroxylation is 1. The number of nitrogens with one attached hydrogen (secondary N) is 2. The Bertz CT molecular complexity index is 2320. The van der Waals surface area contributed by atoms with Crippen molar-refractivity contribution in [3.63, 3.8) is 0 Å². The average Bonchev–Trinajstić information content (AvgIpc) is 4.06. The molecule has 14 heteroatoms. The molecule has 13 nitrogen and oxygen atoms in total. The number of fused-ring (bicyclic) bond motifs is 1. The molecule has 0 bridgehead atoms. The molecule has 5 heterocycles. The van der Waals surface area contributed by atoms with Gasteiger partial charge in [0.25, 0.3) is 5.91 Å². The Hall–Kier alpha value is -5.89. The maximum atomic E-state index is 16.5. The third-order valence-electron chi connectivity index (χ3n) is 13.4. The molecule has 3 saturated heterocycles. The highest BCUT2D eigenvalue weighted by Gasteiger charge is 2.39. The van der Waals surface area contributed by atoms with Crippen molar-refractivity contribution >= 4 is 40.6 Å². The highest BCUT2D eigenvalue weighted by molar-refractivity contribution is 5.96. The van der Waals surface area contributed by atoms with Crippen LogP contribution in [0, 0.1) is 6.92 Å². The first-order chi connectivity index (χ1) is 30.0. The second-order valence-electron chi connectivity index (χ2n) is 17.8. The van der Waals surface area contributed by atoms with E-state index in [0.29, 0.717) is 61.8 Å². The van der Waals surface area contributed by atoms with Crippen LogP contribution in [0.2, 0.25) is 0 Å². The normalized spacial score (nSPS) is 19.9. The van der Waals surface area contributed by atoms with Gasteiger partial charge in [-0.25, -0.2) is 9.37 Å². The quantitative estimate of drug-likeness (QED) is 0.0592. The molecule has 2 aromatic carbocycles. The second kappa shape index (κ2) is 18.6. The minimum atomic E-state index is -1.35. The summed E-state index contributed by atoms with van der Waals surface area (Å²) in [4.78, 5) is 47.9. The number of anilines is 1. The molecule has 4 aromatic rings. The second-order valence-corrected chi connectivity index (χ2v) is 17.8. The van der Waals surface area contributed by atoms with Gasteiger partial charge in [-0.2, -0.15) is 0 Å². The number of allylic oxidation sites excluding steroid dienone is 1. The molecule has 8 N–H and O–H groups in total. The number of carbonyl (C=O) groups is 3. The zero-order valence-corrected chi connectivity index (χ0v) is 35.8. The molecule has 4 aliphatic rings. The van der Waals surface area contributed by atoms with Gasteiger partial charge in [0.05, 0.1) is 17.6 Å². The summed E-state index contributed by atoms with van der Waals surface area (Å²) in [6.07, 6.45) is 13.3. The van der Waals surface area contributed by atoms with Crippen molar-refractivity contribution in [1.29, 1.82) is 0 Å². The molecule has 3 aliphatic heterocycles. The first-order valence-electron chi connectivity index (χ1n) is 22.3. The van der Waals surface area contributed by atoms with Gasteiger partial charge in [-0.15, -0.1) is 0 Å². The molecule has 4 fully saturated rings. The van der Waals surface area contributed by atoms with Crippen LogP contribution in [0.4, 0.5) is 10.1 Å². The number of pyridine rings is 1. The van der Waals surface area contributed by atoms with Gasteiger partial charge in [-0.05, 0) is 91.8 Å².